The summed E-state index contributed by atoms with van der Waals surface area (Å²) in [5.74, 6) is -0.271. The Balaban J connectivity index is 2.37. The van der Waals surface area contributed by atoms with Gasteiger partial charge >= 0.3 is 0 Å². The van der Waals surface area contributed by atoms with Crippen molar-refractivity contribution < 1.29 is 4.39 Å². The minimum atomic E-state index is -0.271. The lowest BCUT2D eigenvalue weighted by atomic mass is 10.0. The first-order valence-corrected chi connectivity index (χ1v) is 5.32. The molecule has 2 aromatic rings. The van der Waals surface area contributed by atoms with E-state index in [4.69, 9.17) is 11.6 Å². The number of halogens is 2. The van der Waals surface area contributed by atoms with Crippen molar-refractivity contribution in [3.8, 4) is 0 Å². The molecule has 0 aliphatic carbocycles. The van der Waals surface area contributed by atoms with Crippen LogP contribution < -0.4 is 5.32 Å². The Kier molecular flexibility index (Phi) is 1.97. The molecule has 4 heteroatoms. The number of aromatic nitrogens is 1. The first-order valence-electron chi connectivity index (χ1n) is 4.95. The van der Waals surface area contributed by atoms with Crippen LogP contribution in [0.2, 0.25) is 5.02 Å². The topological polar surface area (TPSA) is 27.8 Å². The number of benzene rings is 1. The van der Waals surface area contributed by atoms with E-state index < -0.39 is 0 Å². The van der Waals surface area contributed by atoms with Gasteiger partial charge in [-0.25, -0.2) is 4.39 Å². The standard InChI is InChI=1S/C11H10ClFN2/c12-6-3-8-7-1-2-14-5-10(7)15-11(8)9(13)4-6/h3-4,14-15H,1-2,5H2. The summed E-state index contributed by atoms with van der Waals surface area (Å²) in [5.41, 5.74) is 2.86. The maximum atomic E-state index is 13.6. The zero-order chi connectivity index (χ0) is 10.4. The SMILES string of the molecule is Fc1cc(Cl)cc2c3c([nH]c12)CNCC3. The summed E-state index contributed by atoms with van der Waals surface area (Å²) in [5, 5.41) is 4.64. The van der Waals surface area contributed by atoms with Crippen LogP contribution in [0, 0.1) is 5.82 Å². The molecule has 0 unspecified atom stereocenters. The first-order chi connectivity index (χ1) is 7.25. The molecule has 2 N–H and O–H groups in total. The molecule has 2 heterocycles. The van der Waals surface area contributed by atoms with Crippen molar-refractivity contribution in [2.24, 2.45) is 0 Å². The summed E-state index contributed by atoms with van der Waals surface area (Å²) in [4.78, 5) is 3.12. The number of nitrogens with one attached hydrogen (secondary N) is 2. The predicted octanol–water partition coefficient (Wildman–Crippen LogP) is 2.61. The molecule has 0 atom stereocenters. The van der Waals surface area contributed by atoms with Crippen molar-refractivity contribution in [2.45, 2.75) is 13.0 Å². The third kappa shape index (κ3) is 1.34. The van der Waals surface area contributed by atoms with Crippen molar-refractivity contribution in [3.05, 3.63) is 34.2 Å². The summed E-state index contributed by atoms with van der Waals surface area (Å²) in [6.07, 6.45) is 0.926. The normalized spacial score (nSPS) is 15.6. The van der Waals surface area contributed by atoms with Gasteiger partial charge in [-0.2, -0.15) is 0 Å². The number of hydrogen-bond donors (Lipinski definition) is 2. The molecule has 0 amide bonds. The first kappa shape index (κ1) is 9.19. The van der Waals surface area contributed by atoms with E-state index >= 15 is 0 Å². The second-order valence-electron chi connectivity index (χ2n) is 3.82. The van der Waals surface area contributed by atoms with Gasteiger partial charge in [-0.15, -0.1) is 0 Å². The van der Waals surface area contributed by atoms with E-state index in [1.807, 2.05) is 6.07 Å². The summed E-state index contributed by atoms with van der Waals surface area (Å²) in [6.45, 7) is 1.72. The second kappa shape index (κ2) is 3.22. The van der Waals surface area contributed by atoms with Crippen LogP contribution in [-0.4, -0.2) is 11.5 Å². The van der Waals surface area contributed by atoms with Crippen LogP contribution >= 0.6 is 11.6 Å². The Morgan fingerprint density at radius 1 is 1.33 bits per heavy atom. The van der Waals surface area contributed by atoms with E-state index in [-0.39, 0.29) is 5.82 Å². The fourth-order valence-electron chi connectivity index (χ4n) is 2.19. The van der Waals surface area contributed by atoms with Crippen molar-refractivity contribution in [3.63, 3.8) is 0 Å². The number of hydrogen-bond acceptors (Lipinski definition) is 1. The average molecular weight is 225 g/mol. The van der Waals surface area contributed by atoms with Gasteiger partial charge in [-0.05, 0) is 30.7 Å². The fourth-order valence-corrected chi connectivity index (χ4v) is 2.40. The zero-order valence-electron chi connectivity index (χ0n) is 8.03. The van der Waals surface area contributed by atoms with Crippen LogP contribution in [-0.2, 0) is 13.0 Å². The maximum absolute atomic E-state index is 13.6. The lowest BCUT2D eigenvalue weighted by Gasteiger charge is -2.12. The Labute approximate surface area is 91.4 Å². The smallest absolute Gasteiger partial charge is 0.148 e. The Morgan fingerprint density at radius 2 is 2.20 bits per heavy atom. The molecule has 1 aromatic heterocycles. The van der Waals surface area contributed by atoms with Gasteiger partial charge in [0.2, 0.25) is 0 Å². The van der Waals surface area contributed by atoms with Gasteiger partial charge < -0.3 is 10.3 Å². The third-order valence-corrected chi connectivity index (χ3v) is 3.09. The molecule has 15 heavy (non-hydrogen) atoms. The highest BCUT2D eigenvalue weighted by molar-refractivity contribution is 6.31. The highest BCUT2D eigenvalue weighted by Gasteiger charge is 2.17. The summed E-state index contributed by atoms with van der Waals surface area (Å²) in [6, 6.07) is 3.18. The molecule has 0 spiro atoms. The van der Waals surface area contributed by atoms with Crippen LogP contribution in [0.25, 0.3) is 10.9 Å². The molecule has 1 aliphatic rings. The van der Waals surface area contributed by atoms with E-state index in [0.717, 1.165) is 30.6 Å². The van der Waals surface area contributed by atoms with Crippen molar-refractivity contribution in [1.82, 2.24) is 10.3 Å². The molecule has 1 aromatic carbocycles. The van der Waals surface area contributed by atoms with Crippen LogP contribution in [0.4, 0.5) is 4.39 Å². The van der Waals surface area contributed by atoms with E-state index in [9.17, 15) is 4.39 Å². The molecular formula is C11H10ClFN2. The van der Waals surface area contributed by atoms with Crippen LogP contribution in [0.5, 0.6) is 0 Å². The molecule has 0 radical (unpaired) electrons. The highest BCUT2D eigenvalue weighted by atomic mass is 35.5. The summed E-state index contributed by atoms with van der Waals surface area (Å²) >= 11 is 5.85. The predicted molar refractivity (Wildman–Crippen MR) is 58.7 cm³/mol. The van der Waals surface area contributed by atoms with Gasteiger partial charge in [0.25, 0.3) is 0 Å². The van der Waals surface area contributed by atoms with Crippen LogP contribution in [0.1, 0.15) is 11.3 Å². The molecular weight excluding hydrogens is 215 g/mol. The Hall–Kier alpha value is -1.06. The lowest BCUT2D eigenvalue weighted by molar-refractivity contribution is 0.630. The Bertz CT molecular complexity index is 533. The fraction of sp³-hybridized carbons (Fsp3) is 0.273. The molecule has 0 saturated heterocycles. The lowest BCUT2D eigenvalue weighted by Crippen LogP contribution is -2.22. The van der Waals surface area contributed by atoms with Gasteiger partial charge in [0, 0.05) is 22.6 Å². The molecule has 1 aliphatic heterocycles. The maximum Gasteiger partial charge on any atom is 0.148 e. The van der Waals surface area contributed by atoms with Crippen LogP contribution in [0.3, 0.4) is 0 Å². The summed E-state index contributed by atoms with van der Waals surface area (Å²) < 4.78 is 13.6. The van der Waals surface area contributed by atoms with E-state index in [2.05, 4.69) is 10.3 Å². The van der Waals surface area contributed by atoms with E-state index in [0.29, 0.717) is 10.5 Å². The quantitative estimate of drug-likeness (QED) is 0.708. The number of rotatable bonds is 0. The average Bonchev–Trinajstić information content (AvgIpc) is 2.57. The second-order valence-corrected chi connectivity index (χ2v) is 4.26. The van der Waals surface area contributed by atoms with Crippen molar-refractivity contribution in [1.29, 1.82) is 0 Å². The minimum Gasteiger partial charge on any atom is -0.355 e. The highest BCUT2D eigenvalue weighted by Crippen LogP contribution is 2.29. The zero-order valence-corrected chi connectivity index (χ0v) is 8.79. The number of fused-ring (bicyclic) bond motifs is 3. The van der Waals surface area contributed by atoms with Crippen molar-refractivity contribution >= 4 is 22.5 Å². The summed E-state index contributed by atoms with van der Waals surface area (Å²) in [7, 11) is 0. The number of H-pyrrole nitrogens is 1. The van der Waals surface area contributed by atoms with Crippen molar-refractivity contribution in [2.75, 3.05) is 6.54 Å². The van der Waals surface area contributed by atoms with Gasteiger partial charge in [-0.1, -0.05) is 11.6 Å². The molecule has 78 valence electrons. The van der Waals surface area contributed by atoms with Gasteiger partial charge in [-0.3, -0.25) is 0 Å². The molecule has 0 saturated carbocycles. The van der Waals surface area contributed by atoms with Crippen LogP contribution in [0.15, 0.2) is 12.1 Å². The van der Waals surface area contributed by atoms with E-state index in [1.165, 1.54) is 11.6 Å². The monoisotopic (exact) mass is 224 g/mol. The molecule has 2 nitrogen and oxygen atoms in total. The molecule has 3 rings (SSSR count). The number of aromatic amines is 1. The third-order valence-electron chi connectivity index (χ3n) is 2.87. The Morgan fingerprint density at radius 3 is 3.07 bits per heavy atom. The molecule has 0 bridgehead atoms. The van der Waals surface area contributed by atoms with Gasteiger partial charge in [0.15, 0.2) is 0 Å². The largest absolute Gasteiger partial charge is 0.355 e. The van der Waals surface area contributed by atoms with Gasteiger partial charge in [0.05, 0.1) is 5.52 Å². The van der Waals surface area contributed by atoms with E-state index in [1.54, 1.807) is 0 Å². The minimum absolute atomic E-state index is 0.271. The van der Waals surface area contributed by atoms with Gasteiger partial charge in [0.1, 0.15) is 5.82 Å². The molecule has 0 fully saturated rings.